The molecule has 1 aromatic carbocycles. The van der Waals surface area contributed by atoms with Crippen molar-refractivity contribution in [2.24, 2.45) is 10.9 Å². The molecule has 0 unspecified atom stereocenters. The maximum Gasteiger partial charge on any atom is 0.0663 e. The lowest BCUT2D eigenvalue weighted by atomic mass is 9.89. The first-order valence-corrected chi connectivity index (χ1v) is 9.74. The summed E-state index contributed by atoms with van der Waals surface area (Å²) in [5.74, 6) is 0.869. The largest absolute Gasteiger partial charge is 0.383 e. The van der Waals surface area contributed by atoms with Crippen LogP contribution >= 0.6 is 0 Å². The molecule has 0 spiro atoms. The Balaban J connectivity index is 2.50. The van der Waals surface area contributed by atoms with E-state index in [1.54, 1.807) is 0 Å². The summed E-state index contributed by atoms with van der Waals surface area (Å²) in [6, 6.07) is 4.46. The van der Waals surface area contributed by atoms with Gasteiger partial charge in [-0.1, -0.05) is 50.0 Å². The lowest BCUT2D eigenvalue weighted by molar-refractivity contribution is 0.504. The number of hydrogen-bond donors (Lipinski definition) is 0. The van der Waals surface area contributed by atoms with Crippen LogP contribution in [0.5, 0.6) is 0 Å². The van der Waals surface area contributed by atoms with Crippen molar-refractivity contribution in [2.45, 2.75) is 52.4 Å². The molecule has 1 fully saturated rings. The van der Waals surface area contributed by atoms with Crippen LogP contribution in [0.15, 0.2) is 47.6 Å². The maximum atomic E-state index is 4.37. The molecule has 140 valence electrons. The van der Waals surface area contributed by atoms with E-state index in [0.717, 1.165) is 23.6 Å². The molecule has 0 saturated heterocycles. The van der Waals surface area contributed by atoms with Gasteiger partial charge in [-0.15, -0.1) is 0 Å². The van der Waals surface area contributed by atoms with Crippen LogP contribution in [0, 0.1) is 12.8 Å². The highest BCUT2D eigenvalue weighted by Crippen LogP contribution is 2.35. The number of hydrogen-bond acceptors (Lipinski definition) is 2. The third kappa shape index (κ3) is 5.45. The summed E-state index contributed by atoms with van der Waals surface area (Å²) < 4.78 is 0. The highest BCUT2D eigenvalue weighted by atomic mass is 15.0. The van der Waals surface area contributed by atoms with Crippen LogP contribution in [0.3, 0.4) is 0 Å². The van der Waals surface area contributed by atoms with Crippen LogP contribution in [0.25, 0.3) is 5.57 Å². The Morgan fingerprint density at radius 1 is 1.27 bits per heavy atom. The van der Waals surface area contributed by atoms with E-state index in [0.29, 0.717) is 0 Å². The SMILES string of the molecule is C=C/C(C)=C\C(=C/N(C)C)c1cc(C)cc(N=C)c1CCC1CCCC1. The van der Waals surface area contributed by atoms with Gasteiger partial charge in [0.05, 0.1) is 5.69 Å². The Labute approximate surface area is 160 Å². The smallest absolute Gasteiger partial charge is 0.0663 e. The topological polar surface area (TPSA) is 15.6 Å². The highest BCUT2D eigenvalue weighted by molar-refractivity contribution is 5.80. The van der Waals surface area contributed by atoms with Gasteiger partial charge in [-0.25, -0.2) is 0 Å². The molecule has 26 heavy (non-hydrogen) atoms. The fourth-order valence-electron chi connectivity index (χ4n) is 3.87. The van der Waals surface area contributed by atoms with Crippen molar-refractivity contribution in [3.63, 3.8) is 0 Å². The van der Waals surface area contributed by atoms with Crippen molar-refractivity contribution in [2.75, 3.05) is 14.1 Å². The van der Waals surface area contributed by atoms with Gasteiger partial charge in [0.15, 0.2) is 0 Å². The Morgan fingerprint density at radius 3 is 2.54 bits per heavy atom. The van der Waals surface area contributed by atoms with Gasteiger partial charge in [-0.3, -0.25) is 4.99 Å². The molecule has 1 aromatic rings. The average molecular weight is 351 g/mol. The molecule has 0 radical (unpaired) electrons. The van der Waals surface area contributed by atoms with E-state index in [4.69, 9.17) is 0 Å². The summed E-state index contributed by atoms with van der Waals surface area (Å²) in [4.78, 5) is 6.47. The summed E-state index contributed by atoms with van der Waals surface area (Å²) >= 11 is 0. The van der Waals surface area contributed by atoms with Crippen molar-refractivity contribution >= 4 is 18.0 Å². The zero-order chi connectivity index (χ0) is 19.1. The van der Waals surface area contributed by atoms with Gasteiger partial charge in [0.1, 0.15) is 0 Å². The van der Waals surface area contributed by atoms with Crippen molar-refractivity contribution in [1.82, 2.24) is 4.90 Å². The fraction of sp³-hybridized carbons (Fsp3) is 0.458. The van der Waals surface area contributed by atoms with Gasteiger partial charge in [0, 0.05) is 20.3 Å². The predicted octanol–water partition coefficient (Wildman–Crippen LogP) is 6.48. The highest BCUT2D eigenvalue weighted by Gasteiger charge is 2.18. The zero-order valence-electron chi connectivity index (χ0n) is 17.0. The Kier molecular flexibility index (Phi) is 7.44. The normalized spacial score (nSPS) is 16.0. The molecule has 2 nitrogen and oxygen atoms in total. The fourth-order valence-corrected chi connectivity index (χ4v) is 3.87. The Hall–Kier alpha value is -2.09. The minimum absolute atomic E-state index is 0.869. The molecule has 0 amide bonds. The number of nitrogens with zero attached hydrogens (tertiary/aromatic N) is 2. The third-order valence-corrected chi connectivity index (χ3v) is 5.23. The van der Waals surface area contributed by atoms with Crippen LogP contribution in [0.2, 0.25) is 0 Å². The number of aryl methyl sites for hydroxylation is 1. The van der Waals surface area contributed by atoms with E-state index in [9.17, 15) is 0 Å². The second-order valence-electron chi connectivity index (χ2n) is 7.80. The standard InChI is InChI=1S/C24H34N2/c1-7-18(2)14-21(17-26(5)6)23-15-19(3)16-24(25-4)22(23)13-12-20-10-8-9-11-20/h7,14-17,20H,1,4,8-13H2,2-3,5-6H3/b18-14-,21-17+. The quantitative estimate of drug-likeness (QED) is 0.387. The third-order valence-electron chi connectivity index (χ3n) is 5.23. The van der Waals surface area contributed by atoms with Gasteiger partial charge in [-0.2, -0.15) is 0 Å². The number of benzene rings is 1. The maximum absolute atomic E-state index is 4.37. The lowest BCUT2D eigenvalue weighted by Gasteiger charge is -2.18. The van der Waals surface area contributed by atoms with E-state index in [-0.39, 0.29) is 0 Å². The van der Waals surface area contributed by atoms with Crippen LogP contribution in [0.1, 0.15) is 55.7 Å². The molecule has 1 aliphatic carbocycles. The predicted molar refractivity (Wildman–Crippen MR) is 116 cm³/mol. The van der Waals surface area contributed by atoms with Crippen molar-refractivity contribution in [3.8, 4) is 0 Å². The molecule has 0 N–H and O–H groups in total. The number of rotatable bonds is 8. The number of allylic oxidation sites excluding steroid dienone is 4. The van der Waals surface area contributed by atoms with Gasteiger partial charge in [0.2, 0.25) is 0 Å². The van der Waals surface area contributed by atoms with Crippen molar-refractivity contribution < 1.29 is 0 Å². The minimum Gasteiger partial charge on any atom is -0.383 e. The first-order valence-electron chi connectivity index (χ1n) is 9.74. The molecule has 0 bridgehead atoms. The molecule has 0 aliphatic heterocycles. The molecule has 0 atom stereocenters. The molecular formula is C24H34N2. The van der Waals surface area contributed by atoms with E-state index in [1.807, 2.05) is 6.08 Å². The van der Waals surface area contributed by atoms with Gasteiger partial charge in [0.25, 0.3) is 0 Å². The second kappa shape index (κ2) is 9.56. The molecule has 1 saturated carbocycles. The minimum atomic E-state index is 0.869. The van der Waals surface area contributed by atoms with E-state index < -0.39 is 0 Å². The van der Waals surface area contributed by atoms with Crippen LogP contribution in [-0.2, 0) is 6.42 Å². The summed E-state index contributed by atoms with van der Waals surface area (Å²) in [5, 5.41) is 0. The zero-order valence-corrected chi connectivity index (χ0v) is 17.0. The first-order chi connectivity index (χ1) is 12.4. The Morgan fingerprint density at radius 2 is 1.96 bits per heavy atom. The summed E-state index contributed by atoms with van der Waals surface area (Å²) in [7, 11) is 4.13. The molecule has 1 aliphatic rings. The molecule has 0 heterocycles. The first kappa shape index (κ1) is 20.2. The molecule has 2 rings (SSSR count). The van der Waals surface area contributed by atoms with E-state index in [1.165, 1.54) is 54.4 Å². The average Bonchev–Trinajstić information content (AvgIpc) is 3.12. The Bertz CT molecular complexity index is 701. The van der Waals surface area contributed by atoms with Gasteiger partial charge >= 0.3 is 0 Å². The second-order valence-corrected chi connectivity index (χ2v) is 7.80. The van der Waals surface area contributed by atoms with E-state index in [2.05, 4.69) is 75.5 Å². The van der Waals surface area contributed by atoms with Crippen molar-refractivity contribution in [1.29, 1.82) is 0 Å². The van der Waals surface area contributed by atoms with Gasteiger partial charge in [-0.05, 0) is 73.7 Å². The van der Waals surface area contributed by atoms with Crippen molar-refractivity contribution in [3.05, 3.63) is 59.3 Å². The monoisotopic (exact) mass is 350 g/mol. The summed E-state index contributed by atoms with van der Waals surface area (Å²) in [6.07, 6.45) is 14.2. The number of aliphatic imine (C=N–C) groups is 1. The van der Waals surface area contributed by atoms with E-state index >= 15 is 0 Å². The van der Waals surface area contributed by atoms with Crippen LogP contribution in [0.4, 0.5) is 5.69 Å². The lowest BCUT2D eigenvalue weighted by Crippen LogP contribution is -2.05. The van der Waals surface area contributed by atoms with Crippen LogP contribution in [-0.4, -0.2) is 25.7 Å². The van der Waals surface area contributed by atoms with Gasteiger partial charge < -0.3 is 4.90 Å². The summed E-state index contributed by atoms with van der Waals surface area (Å²) in [6.45, 7) is 12.0. The molecule has 0 aromatic heterocycles. The summed E-state index contributed by atoms with van der Waals surface area (Å²) in [5.41, 5.74) is 7.24. The van der Waals surface area contributed by atoms with Crippen LogP contribution < -0.4 is 0 Å². The molecule has 2 heteroatoms. The molecular weight excluding hydrogens is 316 g/mol.